The number of aliphatic carboxylic acids is 1. The van der Waals surface area contributed by atoms with E-state index in [0.29, 0.717) is 32.2 Å². The molecule has 0 spiro atoms. The topological polar surface area (TPSA) is 95.9 Å². The lowest BCUT2D eigenvalue weighted by Gasteiger charge is -2.43. The van der Waals surface area contributed by atoms with Crippen molar-refractivity contribution in [1.82, 2.24) is 10.2 Å². The maximum Gasteiger partial charge on any atom is 0.408 e. The monoisotopic (exact) mass is 446 g/mol. The number of ether oxygens (including phenoxy) is 1. The minimum absolute atomic E-state index is 0.0601. The van der Waals surface area contributed by atoms with E-state index in [9.17, 15) is 19.5 Å². The van der Waals surface area contributed by atoms with Gasteiger partial charge in [-0.3, -0.25) is 4.79 Å². The van der Waals surface area contributed by atoms with E-state index >= 15 is 0 Å². The summed E-state index contributed by atoms with van der Waals surface area (Å²) in [4.78, 5) is 39.5. The summed E-state index contributed by atoms with van der Waals surface area (Å²) in [5, 5.41) is 12.6. The number of carboxylic acid groups (broad SMARTS) is 1. The zero-order chi connectivity index (χ0) is 23.0. The van der Waals surface area contributed by atoms with Crippen molar-refractivity contribution in [2.45, 2.75) is 49.6 Å². The molecule has 2 aliphatic heterocycles. The van der Waals surface area contributed by atoms with Crippen LogP contribution in [0, 0.1) is 5.41 Å². The molecule has 2 N–H and O–H groups in total. The van der Waals surface area contributed by atoms with Gasteiger partial charge in [-0.25, -0.2) is 9.59 Å². The second-order valence-electron chi connectivity index (χ2n) is 10.4. The molecule has 0 aromatic heterocycles. The Kier molecular flexibility index (Phi) is 4.05. The van der Waals surface area contributed by atoms with Gasteiger partial charge < -0.3 is 20.1 Å². The molecule has 2 bridgehead atoms. The van der Waals surface area contributed by atoms with Crippen LogP contribution >= 0.6 is 0 Å². The van der Waals surface area contributed by atoms with Gasteiger partial charge in [-0.15, -0.1) is 0 Å². The molecule has 2 amide bonds. The summed E-state index contributed by atoms with van der Waals surface area (Å²) in [5.41, 5.74) is 2.24. The molecular formula is C26H26N2O5. The van der Waals surface area contributed by atoms with Crippen LogP contribution in [0.3, 0.4) is 0 Å². The fourth-order valence-electron chi connectivity index (χ4n) is 6.33. The number of hydrogen-bond donors (Lipinski definition) is 2. The molecule has 2 heterocycles. The third kappa shape index (κ3) is 2.84. The molecule has 5 aliphatic rings. The van der Waals surface area contributed by atoms with Crippen molar-refractivity contribution < 1.29 is 24.2 Å². The first-order chi connectivity index (χ1) is 15.8. The minimum Gasteiger partial charge on any atom is -0.479 e. The Labute approximate surface area is 191 Å². The standard InChI is InChI=1S/C26H26N2O5/c1-24-13-26(14-24,22(30)31)28(15-24)21(29)25(10-11-25)27-23(32)33-12-20-18-8-4-2-6-16(18)17-7-3-5-9-19(17)20/h2-9,20H,10-15H2,1H3,(H,27,32)(H,30,31). The lowest BCUT2D eigenvalue weighted by Crippen LogP contribution is -2.60. The number of nitrogens with zero attached hydrogens (tertiary/aromatic N) is 1. The zero-order valence-corrected chi connectivity index (χ0v) is 18.5. The Morgan fingerprint density at radius 3 is 2.15 bits per heavy atom. The number of fused-ring (bicyclic) bond motifs is 4. The summed E-state index contributed by atoms with van der Waals surface area (Å²) in [6, 6.07) is 16.2. The van der Waals surface area contributed by atoms with Crippen molar-refractivity contribution in [3.8, 4) is 11.1 Å². The summed E-state index contributed by atoms with van der Waals surface area (Å²) in [6.45, 7) is 2.61. The van der Waals surface area contributed by atoms with Crippen LogP contribution in [0.2, 0.25) is 0 Å². The van der Waals surface area contributed by atoms with Crippen molar-refractivity contribution in [1.29, 1.82) is 0 Å². The van der Waals surface area contributed by atoms with Gasteiger partial charge in [0.2, 0.25) is 5.91 Å². The van der Waals surface area contributed by atoms with E-state index in [1.54, 1.807) is 0 Å². The quantitative estimate of drug-likeness (QED) is 0.733. The molecule has 0 atom stereocenters. The van der Waals surface area contributed by atoms with Crippen molar-refractivity contribution in [2.75, 3.05) is 13.2 Å². The van der Waals surface area contributed by atoms with Crippen LogP contribution in [0.1, 0.15) is 49.7 Å². The largest absolute Gasteiger partial charge is 0.479 e. The fourth-order valence-corrected chi connectivity index (χ4v) is 6.33. The highest BCUT2D eigenvalue weighted by atomic mass is 16.5. The molecule has 7 heteroatoms. The molecule has 2 aromatic rings. The Bertz CT molecular complexity index is 1150. The summed E-state index contributed by atoms with van der Waals surface area (Å²) < 4.78 is 5.62. The van der Waals surface area contributed by atoms with Crippen LogP contribution in [0.15, 0.2) is 48.5 Å². The van der Waals surface area contributed by atoms with E-state index in [2.05, 4.69) is 29.6 Å². The highest BCUT2D eigenvalue weighted by molar-refractivity contribution is 5.98. The smallest absolute Gasteiger partial charge is 0.408 e. The van der Waals surface area contributed by atoms with Gasteiger partial charge in [0.15, 0.2) is 0 Å². The van der Waals surface area contributed by atoms with Crippen molar-refractivity contribution in [2.24, 2.45) is 5.41 Å². The fraction of sp³-hybridized carbons (Fsp3) is 0.423. The molecule has 33 heavy (non-hydrogen) atoms. The first-order valence-electron chi connectivity index (χ1n) is 11.5. The molecule has 0 unspecified atom stereocenters. The van der Waals surface area contributed by atoms with Gasteiger partial charge >= 0.3 is 12.1 Å². The number of carboxylic acids is 1. The summed E-state index contributed by atoms with van der Waals surface area (Å²) in [5.74, 6) is -1.31. The molecule has 2 saturated carbocycles. The molecule has 3 aliphatic carbocycles. The van der Waals surface area contributed by atoms with Crippen LogP contribution < -0.4 is 5.32 Å². The normalized spacial score (nSPS) is 27.8. The van der Waals surface area contributed by atoms with Gasteiger partial charge in [-0.1, -0.05) is 55.5 Å². The molecule has 7 rings (SSSR count). The minimum atomic E-state index is -1.12. The maximum atomic E-state index is 13.3. The number of amides is 2. The van der Waals surface area contributed by atoms with Gasteiger partial charge in [0.05, 0.1) is 0 Å². The number of carbonyl (C=O) groups is 3. The molecule has 7 nitrogen and oxygen atoms in total. The van der Waals surface area contributed by atoms with Crippen LogP contribution in [-0.4, -0.2) is 52.2 Å². The van der Waals surface area contributed by atoms with E-state index < -0.39 is 23.1 Å². The Morgan fingerprint density at radius 2 is 1.61 bits per heavy atom. The number of benzene rings is 2. The van der Waals surface area contributed by atoms with Crippen molar-refractivity contribution >= 4 is 18.0 Å². The first kappa shape index (κ1) is 20.3. The molecule has 170 valence electrons. The predicted molar refractivity (Wildman–Crippen MR) is 120 cm³/mol. The Balaban J connectivity index is 1.15. The number of carbonyl (C=O) groups excluding carboxylic acids is 2. The van der Waals surface area contributed by atoms with E-state index in [-0.39, 0.29) is 23.8 Å². The lowest BCUT2D eigenvalue weighted by atomic mass is 9.63. The predicted octanol–water partition coefficient (Wildman–Crippen LogP) is 3.52. The van der Waals surface area contributed by atoms with E-state index in [4.69, 9.17) is 4.74 Å². The second-order valence-corrected chi connectivity index (χ2v) is 10.4. The van der Waals surface area contributed by atoms with Crippen LogP contribution in [0.25, 0.3) is 11.1 Å². The average molecular weight is 447 g/mol. The number of hydrogen-bond acceptors (Lipinski definition) is 4. The number of nitrogens with one attached hydrogen (secondary N) is 1. The first-order valence-corrected chi connectivity index (χ1v) is 11.5. The highest BCUT2D eigenvalue weighted by Crippen LogP contribution is 2.60. The van der Waals surface area contributed by atoms with Crippen LogP contribution in [0.5, 0.6) is 0 Å². The van der Waals surface area contributed by atoms with Crippen LogP contribution in [-0.2, 0) is 14.3 Å². The van der Waals surface area contributed by atoms with Gasteiger partial charge in [0.1, 0.15) is 17.7 Å². The van der Waals surface area contributed by atoms with E-state index in [1.807, 2.05) is 31.2 Å². The number of rotatable bonds is 5. The van der Waals surface area contributed by atoms with Gasteiger partial charge in [-0.2, -0.15) is 0 Å². The third-order valence-electron chi connectivity index (χ3n) is 7.98. The highest BCUT2D eigenvalue weighted by Gasteiger charge is 2.71. The summed E-state index contributed by atoms with van der Waals surface area (Å²) in [7, 11) is 0. The second kappa shape index (κ2) is 6.59. The van der Waals surface area contributed by atoms with Crippen LogP contribution in [0.4, 0.5) is 4.79 Å². The summed E-state index contributed by atoms with van der Waals surface area (Å²) in [6.07, 6.45) is 1.31. The van der Waals surface area contributed by atoms with Gasteiger partial charge in [0.25, 0.3) is 0 Å². The average Bonchev–Trinajstić information content (AvgIpc) is 3.27. The van der Waals surface area contributed by atoms with E-state index in [0.717, 1.165) is 22.3 Å². The SMILES string of the molecule is CC12CN(C(=O)C3(NC(=O)OCC4c5ccccc5-c5ccccc54)CC3)C(C(=O)O)(C1)C2. The Morgan fingerprint density at radius 1 is 1.03 bits per heavy atom. The maximum absolute atomic E-state index is 13.3. The van der Waals surface area contributed by atoms with Crippen molar-refractivity contribution in [3.63, 3.8) is 0 Å². The molecule has 0 radical (unpaired) electrons. The molecule has 2 saturated heterocycles. The number of alkyl carbamates (subject to hydrolysis) is 1. The molecule has 2 aromatic carbocycles. The van der Waals surface area contributed by atoms with E-state index in [1.165, 1.54) is 4.90 Å². The Hall–Kier alpha value is -3.35. The van der Waals surface area contributed by atoms with Crippen molar-refractivity contribution in [3.05, 3.63) is 59.7 Å². The molecule has 4 fully saturated rings. The zero-order valence-electron chi connectivity index (χ0n) is 18.5. The molecular weight excluding hydrogens is 420 g/mol. The lowest BCUT2D eigenvalue weighted by molar-refractivity contribution is -0.160. The summed E-state index contributed by atoms with van der Waals surface area (Å²) >= 11 is 0. The van der Waals surface area contributed by atoms with Gasteiger partial charge in [-0.05, 0) is 53.4 Å². The third-order valence-corrected chi connectivity index (χ3v) is 7.98. The van der Waals surface area contributed by atoms with Gasteiger partial charge in [0, 0.05) is 12.5 Å².